The molecule has 0 aromatic carbocycles. The number of nitrogens with zero attached hydrogens (tertiary/aromatic N) is 3. The van der Waals surface area contributed by atoms with Gasteiger partial charge in [0.05, 0.1) is 22.2 Å². The van der Waals surface area contributed by atoms with Crippen LogP contribution in [0.15, 0.2) is 6.07 Å². The summed E-state index contributed by atoms with van der Waals surface area (Å²) in [5.41, 5.74) is 9.15. The number of nitrogens with two attached hydrogens (primary N) is 1. The van der Waals surface area contributed by atoms with Gasteiger partial charge in [0, 0.05) is 17.7 Å². The number of halogens is 2. The Balaban J connectivity index is 0.00000150. The molecule has 2 aromatic rings. The van der Waals surface area contributed by atoms with Gasteiger partial charge in [-0.3, -0.25) is 4.79 Å². The highest BCUT2D eigenvalue weighted by Gasteiger charge is 2.32. The quantitative estimate of drug-likeness (QED) is 0.748. The lowest BCUT2D eigenvalue weighted by molar-refractivity contribution is 0.0930. The van der Waals surface area contributed by atoms with Crippen molar-refractivity contribution in [3.63, 3.8) is 0 Å². The van der Waals surface area contributed by atoms with Crippen LogP contribution in [-0.2, 0) is 5.54 Å². The Morgan fingerprint density at radius 2 is 1.93 bits per heavy atom. The van der Waals surface area contributed by atoms with Crippen LogP contribution in [0.4, 0.5) is 0 Å². The first-order valence-electron chi connectivity index (χ1n) is 10.2. The van der Waals surface area contributed by atoms with E-state index in [-0.39, 0.29) is 42.3 Å². The predicted octanol–water partition coefficient (Wildman–Crippen LogP) is 4.07. The van der Waals surface area contributed by atoms with Crippen LogP contribution < -0.4 is 11.1 Å². The number of amides is 1. The van der Waals surface area contributed by atoms with Gasteiger partial charge in [-0.1, -0.05) is 6.42 Å². The van der Waals surface area contributed by atoms with Gasteiger partial charge in [0.25, 0.3) is 5.91 Å². The van der Waals surface area contributed by atoms with E-state index >= 15 is 0 Å². The molecule has 1 amide bonds. The molecule has 2 fully saturated rings. The van der Waals surface area contributed by atoms with E-state index in [1.165, 1.54) is 0 Å². The molecule has 29 heavy (non-hydrogen) atoms. The van der Waals surface area contributed by atoms with Crippen molar-refractivity contribution < 1.29 is 4.79 Å². The number of rotatable bonds is 4. The standard InChI is InChI=1S/C21H31N5O.2ClH/c1-12-18-15(20(27)24-16-7-5-6-14(16)11-22)10-17(13-8-9-13)23-19(18)26(25-12)21(2,3)4;;/h10,13-14,16H,5-9,11,22H2,1-4H3,(H,24,27);2*1H. The second-order valence-electron chi connectivity index (χ2n) is 9.24. The number of carbonyl (C=O) groups excluding carboxylic acids is 1. The number of hydrogen-bond acceptors (Lipinski definition) is 4. The van der Waals surface area contributed by atoms with Crippen LogP contribution in [0.1, 0.15) is 80.5 Å². The molecule has 6 nitrogen and oxygen atoms in total. The molecule has 162 valence electrons. The Hall–Kier alpha value is -1.37. The molecule has 0 aliphatic heterocycles. The first-order chi connectivity index (χ1) is 12.8. The maximum Gasteiger partial charge on any atom is 0.252 e. The van der Waals surface area contributed by atoms with Crippen LogP contribution >= 0.6 is 24.8 Å². The van der Waals surface area contributed by atoms with Crippen LogP contribution in [0, 0.1) is 12.8 Å². The molecule has 0 bridgehead atoms. The zero-order valence-corrected chi connectivity index (χ0v) is 19.3. The molecule has 2 saturated carbocycles. The summed E-state index contributed by atoms with van der Waals surface area (Å²) in [4.78, 5) is 18.2. The number of pyridine rings is 1. The van der Waals surface area contributed by atoms with Crippen molar-refractivity contribution in [1.29, 1.82) is 0 Å². The van der Waals surface area contributed by atoms with E-state index in [4.69, 9.17) is 15.8 Å². The summed E-state index contributed by atoms with van der Waals surface area (Å²) in [5.74, 6) is 0.853. The van der Waals surface area contributed by atoms with E-state index in [1.807, 2.05) is 17.7 Å². The lowest BCUT2D eigenvalue weighted by atomic mass is 10.0. The summed E-state index contributed by atoms with van der Waals surface area (Å²) in [7, 11) is 0. The summed E-state index contributed by atoms with van der Waals surface area (Å²) in [6, 6.07) is 2.18. The van der Waals surface area contributed by atoms with Gasteiger partial charge in [-0.05, 0) is 71.9 Å². The number of fused-ring (bicyclic) bond motifs is 1. The molecule has 0 saturated heterocycles. The van der Waals surface area contributed by atoms with Gasteiger partial charge in [0.2, 0.25) is 0 Å². The van der Waals surface area contributed by atoms with E-state index in [1.54, 1.807) is 0 Å². The summed E-state index contributed by atoms with van der Waals surface area (Å²) in [5, 5.41) is 8.89. The molecule has 2 atom stereocenters. The number of hydrogen-bond donors (Lipinski definition) is 2. The number of nitrogens with one attached hydrogen (secondary N) is 1. The Labute approximate surface area is 185 Å². The van der Waals surface area contributed by atoms with E-state index in [2.05, 4.69) is 26.1 Å². The minimum absolute atomic E-state index is 0. The van der Waals surface area contributed by atoms with E-state index in [0.29, 0.717) is 18.4 Å². The fourth-order valence-corrected chi connectivity index (χ4v) is 4.30. The first kappa shape index (κ1) is 23.9. The van der Waals surface area contributed by atoms with Crippen molar-refractivity contribution in [3.8, 4) is 0 Å². The largest absolute Gasteiger partial charge is 0.349 e. The van der Waals surface area contributed by atoms with Crippen LogP contribution in [0.5, 0.6) is 0 Å². The molecule has 2 unspecified atom stereocenters. The third kappa shape index (κ3) is 4.54. The normalized spacial score (nSPS) is 21.6. The van der Waals surface area contributed by atoms with Gasteiger partial charge in [-0.25, -0.2) is 9.67 Å². The third-order valence-electron chi connectivity index (χ3n) is 5.99. The molecule has 2 aliphatic carbocycles. The fraction of sp³-hybridized carbons (Fsp3) is 0.667. The lowest BCUT2D eigenvalue weighted by Crippen LogP contribution is -2.40. The van der Waals surface area contributed by atoms with Gasteiger partial charge < -0.3 is 11.1 Å². The monoisotopic (exact) mass is 441 g/mol. The second-order valence-corrected chi connectivity index (χ2v) is 9.24. The molecular weight excluding hydrogens is 409 g/mol. The van der Waals surface area contributed by atoms with Crippen molar-refractivity contribution in [2.45, 2.75) is 77.3 Å². The Morgan fingerprint density at radius 1 is 1.24 bits per heavy atom. The number of carbonyl (C=O) groups is 1. The van der Waals surface area contributed by atoms with E-state index in [9.17, 15) is 4.79 Å². The van der Waals surface area contributed by atoms with Crippen molar-refractivity contribution >= 4 is 41.8 Å². The van der Waals surface area contributed by atoms with E-state index < -0.39 is 0 Å². The SMILES string of the molecule is Cc1nn(C(C)(C)C)c2nc(C3CC3)cc(C(=O)NC3CCCC3CN)c12.Cl.Cl. The molecule has 8 heteroatoms. The number of aromatic nitrogens is 3. The van der Waals surface area contributed by atoms with Crippen molar-refractivity contribution in [3.05, 3.63) is 23.0 Å². The minimum atomic E-state index is -0.189. The molecule has 2 aromatic heterocycles. The average molecular weight is 442 g/mol. The van der Waals surface area contributed by atoms with Crippen molar-refractivity contribution in [1.82, 2.24) is 20.1 Å². The summed E-state index contributed by atoms with van der Waals surface area (Å²) in [6.45, 7) is 8.96. The van der Waals surface area contributed by atoms with Crippen LogP contribution in [0.2, 0.25) is 0 Å². The van der Waals surface area contributed by atoms with Crippen LogP contribution in [0.25, 0.3) is 11.0 Å². The Bertz CT molecular complexity index is 885. The van der Waals surface area contributed by atoms with Crippen LogP contribution in [-0.4, -0.2) is 33.3 Å². The summed E-state index contributed by atoms with van der Waals surface area (Å²) >= 11 is 0. The molecular formula is C21H33Cl2N5O. The third-order valence-corrected chi connectivity index (χ3v) is 5.99. The zero-order valence-electron chi connectivity index (χ0n) is 17.7. The molecule has 2 aliphatic rings. The maximum absolute atomic E-state index is 13.3. The Kier molecular flexibility index (Phi) is 7.24. The van der Waals surface area contributed by atoms with Gasteiger partial charge in [0.1, 0.15) is 0 Å². The smallest absolute Gasteiger partial charge is 0.252 e. The summed E-state index contributed by atoms with van der Waals surface area (Å²) < 4.78 is 1.97. The van der Waals surface area contributed by atoms with Crippen molar-refractivity contribution in [2.24, 2.45) is 11.7 Å². The first-order valence-corrected chi connectivity index (χ1v) is 10.2. The average Bonchev–Trinajstić information content (AvgIpc) is 3.28. The van der Waals surface area contributed by atoms with Crippen molar-refractivity contribution in [2.75, 3.05) is 6.54 Å². The zero-order chi connectivity index (χ0) is 19.3. The fourth-order valence-electron chi connectivity index (χ4n) is 4.30. The highest BCUT2D eigenvalue weighted by Crippen LogP contribution is 2.41. The van der Waals surface area contributed by atoms with Crippen LogP contribution in [0.3, 0.4) is 0 Å². The number of aryl methyl sites for hydroxylation is 1. The molecule has 3 N–H and O–H groups in total. The predicted molar refractivity (Wildman–Crippen MR) is 121 cm³/mol. The maximum atomic E-state index is 13.3. The summed E-state index contributed by atoms with van der Waals surface area (Å²) in [6.07, 6.45) is 5.55. The topological polar surface area (TPSA) is 85.8 Å². The molecule has 0 radical (unpaired) electrons. The second kappa shape index (κ2) is 8.78. The Morgan fingerprint density at radius 3 is 2.52 bits per heavy atom. The van der Waals surface area contributed by atoms with Gasteiger partial charge in [-0.2, -0.15) is 5.10 Å². The van der Waals surface area contributed by atoms with Gasteiger partial charge >= 0.3 is 0 Å². The van der Waals surface area contributed by atoms with E-state index in [0.717, 1.165) is 60.1 Å². The van der Waals surface area contributed by atoms with Gasteiger partial charge in [0.15, 0.2) is 5.65 Å². The highest BCUT2D eigenvalue weighted by atomic mass is 35.5. The lowest BCUT2D eigenvalue weighted by Gasteiger charge is -2.21. The minimum Gasteiger partial charge on any atom is -0.349 e. The van der Waals surface area contributed by atoms with Gasteiger partial charge in [-0.15, -0.1) is 24.8 Å². The molecule has 2 heterocycles. The molecule has 0 spiro atoms. The molecule has 4 rings (SSSR count). The highest BCUT2D eigenvalue weighted by molar-refractivity contribution is 6.06.